The topological polar surface area (TPSA) is 76.4 Å². The van der Waals surface area contributed by atoms with Crippen LogP contribution >= 0.6 is 12.2 Å². The Balaban J connectivity index is 2.00. The molecule has 0 bridgehead atoms. The Labute approximate surface area is 198 Å². The van der Waals surface area contributed by atoms with Crippen molar-refractivity contribution in [1.82, 2.24) is 5.32 Å². The summed E-state index contributed by atoms with van der Waals surface area (Å²) < 4.78 is 54.8. The molecule has 11 heteroatoms. The number of halogens is 4. The van der Waals surface area contributed by atoms with Gasteiger partial charge in [0.25, 0.3) is 11.8 Å². The van der Waals surface area contributed by atoms with Gasteiger partial charge in [0.05, 0.1) is 28.3 Å². The molecule has 178 valence electrons. The summed E-state index contributed by atoms with van der Waals surface area (Å²) in [5.41, 5.74) is -1.73. The van der Waals surface area contributed by atoms with E-state index in [0.29, 0.717) is 19.3 Å². The third-order valence-corrected chi connectivity index (χ3v) is 6.18. The Morgan fingerprint density at radius 2 is 1.82 bits per heavy atom. The van der Waals surface area contributed by atoms with Gasteiger partial charge >= 0.3 is 6.18 Å². The monoisotopic (exact) mass is 492 g/mol. The molecule has 0 aromatic heterocycles. The Hall–Kier alpha value is -3.52. The Morgan fingerprint density at radius 1 is 1.18 bits per heavy atom. The maximum absolute atomic E-state index is 14.6. The van der Waals surface area contributed by atoms with E-state index < -0.39 is 40.5 Å². The summed E-state index contributed by atoms with van der Waals surface area (Å²) in [7, 11) is 2.70. The van der Waals surface area contributed by atoms with Crippen LogP contribution in [-0.2, 0) is 11.0 Å². The highest BCUT2D eigenvalue weighted by Gasteiger charge is 2.50. The van der Waals surface area contributed by atoms with E-state index in [1.807, 2.05) is 0 Å². The van der Waals surface area contributed by atoms with Crippen LogP contribution in [0, 0.1) is 17.1 Å². The van der Waals surface area contributed by atoms with Crippen LogP contribution in [0.5, 0.6) is 0 Å². The molecule has 1 aliphatic carbocycles. The molecule has 0 saturated heterocycles. The molecule has 0 aliphatic heterocycles. The molecular weight excluding hydrogens is 472 g/mol. The summed E-state index contributed by atoms with van der Waals surface area (Å²) in [6.07, 6.45) is -3.45. The van der Waals surface area contributed by atoms with E-state index in [9.17, 15) is 27.2 Å². The zero-order valence-electron chi connectivity index (χ0n) is 18.2. The van der Waals surface area contributed by atoms with E-state index in [2.05, 4.69) is 5.32 Å². The number of carbonyl (C=O) groups is 2. The van der Waals surface area contributed by atoms with Gasteiger partial charge in [0.15, 0.2) is 0 Å². The van der Waals surface area contributed by atoms with E-state index >= 15 is 0 Å². The molecular formula is C23H20F4N4O2S. The van der Waals surface area contributed by atoms with Crippen LogP contribution in [0.2, 0.25) is 0 Å². The molecule has 0 heterocycles. The molecule has 2 amide bonds. The van der Waals surface area contributed by atoms with Gasteiger partial charge in [-0.2, -0.15) is 18.4 Å². The maximum Gasteiger partial charge on any atom is 0.417 e. The average Bonchev–Trinajstić information content (AvgIpc) is 2.78. The molecule has 2 aromatic rings. The van der Waals surface area contributed by atoms with Crippen LogP contribution in [0.15, 0.2) is 36.4 Å². The smallest absolute Gasteiger partial charge is 0.355 e. The first-order valence-corrected chi connectivity index (χ1v) is 10.6. The number of amides is 2. The number of rotatable bonds is 6. The molecule has 2 aromatic carbocycles. The molecule has 1 aliphatic rings. The third-order valence-electron chi connectivity index (χ3n) is 5.97. The first kappa shape index (κ1) is 25.1. The van der Waals surface area contributed by atoms with Gasteiger partial charge in [-0.25, -0.2) is 4.39 Å². The minimum absolute atomic E-state index is 0.0481. The van der Waals surface area contributed by atoms with Crippen molar-refractivity contribution < 1.29 is 27.2 Å². The summed E-state index contributed by atoms with van der Waals surface area (Å²) in [5, 5.41) is 11.3. The van der Waals surface area contributed by atoms with Crippen LogP contribution in [0.25, 0.3) is 0 Å². The lowest BCUT2D eigenvalue weighted by molar-refractivity contribution is -0.137. The zero-order chi connectivity index (χ0) is 25.3. The van der Waals surface area contributed by atoms with Gasteiger partial charge < -0.3 is 15.1 Å². The van der Waals surface area contributed by atoms with Gasteiger partial charge in [-0.05, 0) is 55.7 Å². The fourth-order valence-electron chi connectivity index (χ4n) is 3.95. The van der Waals surface area contributed by atoms with Crippen LogP contribution in [0.3, 0.4) is 0 Å². The number of likely N-dealkylation sites (N-methyl/N-ethyl adjacent to an activating group) is 1. The van der Waals surface area contributed by atoms with E-state index in [-0.39, 0.29) is 16.9 Å². The second kappa shape index (κ2) is 9.38. The standard InChI is InChI=1S/C23H20F4N4O2S/c1-29-20(32)17-7-6-16(11-19(17)24)31(13-34)22(8-3-9-22)21(33)30(2)15-5-4-14(12-28)18(10-15)23(25,26)27/h4-7,10-11,13H,3,8-9H2,1-2H3,(H,29,32). The fraction of sp³-hybridized carbons (Fsp3) is 0.304. The molecule has 1 saturated carbocycles. The maximum atomic E-state index is 14.6. The minimum atomic E-state index is -4.77. The molecule has 3 rings (SSSR count). The van der Waals surface area contributed by atoms with Crippen LogP contribution in [0.4, 0.5) is 28.9 Å². The predicted molar refractivity (Wildman–Crippen MR) is 122 cm³/mol. The third kappa shape index (κ3) is 4.33. The highest BCUT2D eigenvalue weighted by atomic mass is 32.1. The first-order chi connectivity index (χ1) is 16.0. The molecule has 0 radical (unpaired) electrons. The second-order valence-corrected chi connectivity index (χ2v) is 8.02. The SMILES string of the molecule is CNC(=O)c1ccc(N(C=S)C2(C(=O)N(C)c3ccc(C#N)c(C(F)(F)F)c3)CCC2)cc1F. The van der Waals surface area contributed by atoms with Crippen molar-refractivity contribution in [2.24, 2.45) is 0 Å². The van der Waals surface area contributed by atoms with Crippen LogP contribution in [-0.4, -0.2) is 36.9 Å². The number of thiocarbonyl (C=S) groups is 1. The van der Waals surface area contributed by atoms with Gasteiger partial charge in [-0.3, -0.25) is 9.59 Å². The number of anilines is 2. The molecule has 0 spiro atoms. The van der Waals surface area contributed by atoms with Crippen molar-refractivity contribution in [2.75, 3.05) is 23.9 Å². The number of nitrogens with one attached hydrogen (secondary N) is 1. The lowest BCUT2D eigenvalue weighted by atomic mass is 9.74. The highest BCUT2D eigenvalue weighted by molar-refractivity contribution is 7.79. The summed E-state index contributed by atoms with van der Waals surface area (Å²) in [5.74, 6) is -1.96. The second-order valence-electron chi connectivity index (χ2n) is 7.81. The van der Waals surface area contributed by atoms with Crippen LogP contribution in [0.1, 0.15) is 40.7 Å². The van der Waals surface area contributed by atoms with Crippen molar-refractivity contribution in [3.05, 3.63) is 58.9 Å². The molecule has 1 N–H and O–H groups in total. The van der Waals surface area contributed by atoms with Crippen LogP contribution < -0.4 is 15.1 Å². The number of hydrogen-bond donors (Lipinski definition) is 1. The Morgan fingerprint density at radius 3 is 2.29 bits per heavy atom. The lowest BCUT2D eigenvalue weighted by Gasteiger charge is -2.49. The van der Waals surface area contributed by atoms with Crippen molar-refractivity contribution in [1.29, 1.82) is 5.26 Å². The summed E-state index contributed by atoms with van der Waals surface area (Å²) in [6.45, 7) is 0. The van der Waals surface area contributed by atoms with Gasteiger partial charge in [-0.1, -0.05) is 12.2 Å². The number of nitriles is 1. The molecule has 0 unspecified atom stereocenters. The quantitative estimate of drug-likeness (QED) is 0.477. The summed E-state index contributed by atoms with van der Waals surface area (Å²) in [6, 6.07) is 8.34. The predicted octanol–water partition coefficient (Wildman–Crippen LogP) is 4.43. The number of benzene rings is 2. The first-order valence-electron chi connectivity index (χ1n) is 10.2. The molecule has 0 atom stereocenters. The van der Waals surface area contributed by atoms with Crippen molar-refractivity contribution in [3.8, 4) is 6.07 Å². The highest BCUT2D eigenvalue weighted by Crippen LogP contribution is 2.43. The molecule has 34 heavy (non-hydrogen) atoms. The average molecular weight is 492 g/mol. The van der Waals surface area contributed by atoms with E-state index in [1.54, 1.807) is 0 Å². The van der Waals surface area contributed by atoms with Gasteiger partial charge in [0.2, 0.25) is 0 Å². The fourth-order valence-corrected chi connectivity index (χ4v) is 4.28. The van der Waals surface area contributed by atoms with E-state index in [0.717, 1.165) is 23.1 Å². The van der Waals surface area contributed by atoms with Gasteiger partial charge in [-0.15, -0.1) is 0 Å². The van der Waals surface area contributed by atoms with Crippen molar-refractivity contribution in [3.63, 3.8) is 0 Å². The van der Waals surface area contributed by atoms with Crippen molar-refractivity contribution in [2.45, 2.75) is 31.0 Å². The van der Waals surface area contributed by atoms with E-state index in [1.165, 1.54) is 48.8 Å². The lowest BCUT2D eigenvalue weighted by Crippen LogP contribution is -2.63. The largest absolute Gasteiger partial charge is 0.417 e. The summed E-state index contributed by atoms with van der Waals surface area (Å²) in [4.78, 5) is 27.8. The molecule has 6 nitrogen and oxygen atoms in total. The van der Waals surface area contributed by atoms with Crippen molar-refractivity contribution >= 4 is 40.9 Å². The minimum Gasteiger partial charge on any atom is -0.355 e. The Kier molecular flexibility index (Phi) is 6.93. The molecule has 1 fully saturated rings. The summed E-state index contributed by atoms with van der Waals surface area (Å²) >= 11 is 5.12. The van der Waals surface area contributed by atoms with Gasteiger partial charge in [0, 0.05) is 25.5 Å². The Bertz CT molecular complexity index is 1190. The number of alkyl halides is 3. The number of hydrogen-bond acceptors (Lipinski definition) is 4. The normalized spacial score (nSPS) is 14.4. The number of nitrogens with zero attached hydrogens (tertiary/aromatic N) is 3. The zero-order valence-corrected chi connectivity index (χ0v) is 19.1. The van der Waals surface area contributed by atoms with E-state index in [4.69, 9.17) is 17.5 Å². The number of carbonyl (C=O) groups excluding carboxylic acids is 2. The van der Waals surface area contributed by atoms with Gasteiger partial charge in [0.1, 0.15) is 11.4 Å².